The molecule has 1 amide bonds. The zero-order valence-corrected chi connectivity index (χ0v) is 13.3. The van der Waals surface area contributed by atoms with E-state index in [1.807, 2.05) is 30.3 Å². The van der Waals surface area contributed by atoms with Crippen molar-refractivity contribution < 1.29 is 14.3 Å². The first-order valence-electron chi connectivity index (χ1n) is 7.00. The molecule has 23 heavy (non-hydrogen) atoms. The number of halogens is 1. The summed E-state index contributed by atoms with van der Waals surface area (Å²) >= 11 is 5.89. The zero-order valence-electron chi connectivity index (χ0n) is 12.5. The molecule has 0 aromatic heterocycles. The quantitative estimate of drug-likeness (QED) is 0.520. The van der Waals surface area contributed by atoms with Gasteiger partial charge in [-0.2, -0.15) is 0 Å². The Labute approximate surface area is 139 Å². The Balaban J connectivity index is 2.39. The smallest absolute Gasteiger partial charge is 0.339 e. The van der Waals surface area contributed by atoms with Crippen LogP contribution in [0.4, 0.5) is 0 Å². The van der Waals surface area contributed by atoms with E-state index in [2.05, 4.69) is 0 Å². The molecule has 0 aliphatic rings. The van der Waals surface area contributed by atoms with E-state index < -0.39 is 18.0 Å². The molecule has 118 valence electrons. The van der Waals surface area contributed by atoms with Crippen molar-refractivity contribution in [2.24, 2.45) is 5.73 Å². The molecule has 0 saturated carbocycles. The van der Waals surface area contributed by atoms with Crippen molar-refractivity contribution in [2.75, 3.05) is 0 Å². The molecular formula is C18H16ClNO3. The number of hydrogen-bond donors (Lipinski definition) is 1. The summed E-state index contributed by atoms with van der Waals surface area (Å²) in [4.78, 5) is 23.5. The lowest BCUT2D eigenvalue weighted by Crippen LogP contribution is -2.30. The summed E-state index contributed by atoms with van der Waals surface area (Å²) in [5.74, 6) is -1.32. The molecule has 5 heteroatoms. The standard InChI is InChI=1S/C18H16ClNO3/c1-12(17(20)21)23-18(22)16(11-13-5-3-2-4-6-13)14-7-9-15(19)10-8-14/h2-12H,1H3,(H2,20,21)/b16-11+/t12-/m0/s1. The van der Waals surface area contributed by atoms with Gasteiger partial charge < -0.3 is 10.5 Å². The van der Waals surface area contributed by atoms with Gasteiger partial charge in [0.1, 0.15) is 0 Å². The van der Waals surface area contributed by atoms with Crippen LogP contribution in [0.15, 0.2) is 54.6 Å². The Morgan fingerprint density at radius 1 is 1.09 bits per heavy atom. The van der Waals surface area contributed by atoms with Gasteiger partial charge in [-0.05, 0) is 36.3 Å². The number of esters is 1. The molecule has 2 aromatic carbocycles. The summed E-state index contributed by atoms with van der Waals surface area (Å²) in [5.41, 5.74) is 6.94. The Morgan fingerprint density at radius 2 is 1.70 bits per heavy atom. The molecule has 0 bridgehead atoms. The van der Waals surface area contributed by atoms with E-state index >= 15 is 0 Å². The maximum absolute atomic E-state index is 12.4. The number of carbonyl (C=O) groups is 2. The number of primary amides is 1. The van der Waals surface area contributed by atoms with Gasteiger partial charge in [-0.1, -0.05) is 54.1 Å². The number of ether oxygens (including phenoxy) is 1. The molecule has 4 nitrogen and oxygen atoms in total. The molecule has 0 radical (unpaired) electrons. The molecule has 1 atom stereocenters. The van der Waals surface area contributed by atoms with Crippen molar-refractivity contribution in [2.45, 2.75) is 13.0 Å². The van der Waals surface area contributed by atoms with Gasteiger partial charge in [0.05, 0.1) is 5.57 Å². The largest absolute Gasteiger partial charge is 0.449 e. The molecule has 0 fully saturated rings. The van der Waals surface area contributed by atoms with Crippen LogP contribution in [-0.4, -0.2) is 18.0 Å². The van der Waals surface area contributed by atoms with Gasteiger partial charge in [0.25, 0.3) is 5.91 Å². The molecular weight excluding hydrogens is 314 g/mol. The third kappa shape index (κ3) is 4.69. The van der Waals surface area contributed by atoms with E-state index in [-0.39, 0.29) is 0 Å². The SMILES string of the molecule is C[C@H](OC(=O)/C(=C/c1ccccc1)c1ccc(Cl)cc1)C(N)=O. The lowest BCUT2D eigenvalue weighted by atomic mass is 10.0. The van der Waals surface area contributed by atoms with Crippen LogP contribution >= 0.6 is 11.6 Å². The van der Waals surface area contributed by atoms with E-state index in [0.717, 1.165) is 5.56 Å². The van der Waals surface area contributed by atoms with Gasteiger partial charge >= 0.3 is 5.97 Å². The van der Waals surface area contributed by atoms with Crippen molar-refractivity contribution in [3.8, 4) is 0 Å². The third-order valence-electron chi connectivity index (χ3n) is 3.17. The number of rotatable bonds is 5. The fourth-order valence-electron chi connectivity index (χ4n) is 1.89. The van der Waals surface area contributed by atoms with Crippen molar-refractivity contribution in [1.29, 1.82) is 0 Å². The van der Waals surface area contributed by atoms with Crippen LogP contribution in [0.2, 0.25) is 5.02 Å². The Kier molecular flexibility index (Phi) is 5.55. The molecule has 0 heterocycles. The van der Waals surface area contributed by atoms with E-state index in [4.69, 9.17) is 22.1 Å². The predicted molar refractivity (Wildman–Crippen MR) is 90.5 cm³/mol. The van der Waals surface area contributed by atoms with E-state index in [9.17, 15) is 9.59 Å². The van der Waals surface area contributed by atoms with E-state index in [0.29, 0.717) is 16.2 Å². The second-order valence-electron chi connectivity index (χ2n) is 4.93. The maximum atomic E-state index is 12.4. The number of amides is 1. The fraction of sp³-hybridized carbons (Fsp3) is 0.111. The van der Waals surface area contributed by atoms with Gasteiger partial charge in [0.15, 0.2) is 6.10 Å². The van der Waals surface area contributed by atoms with Crippen LogP contribution in [0, 0.1) is 0 Å². The van der Waals surface area contributed by atoms with Gasteiger partial charge in [0.2, 0.25) is 0 Å². The molecule has 0 unspecified atom stereocenters. The molecule has 2 N–H and O–H groups in total. The van der Waals surface area contributed by atoms with E-state index in [1.165, 1.54) is 6.92 Å². The maximum Gasteiger partial charge on any atom is 0.339 e. The van der Waals surface area contributed by atoms with Crippen LogP contribution in [0.1, 0.15) is 18.1 Å². The highest BCUT2D eigenvalue weighted by Crippen LogP contribution is 2.22. The summed E-state index contributed by atoms with van der Waals surface area (Å²) in [5, 5.41) is 0.562. The first kappa shape index (κ1) is 16.8. The first-order valence-corrected chi connectivity index (χ1v) is 7.38. The molecule has 0 spiro atoms. The summed E-state index contributed by atoms with van der Waals surface area (Å²) in [6.07, 6.45) is 0.688. The lowest BCUT2D eigenvalue weighted by Gasteiger charge is -2.12. The molecule has 0 aliphatic carbocycles. The Bertz CT molecular complexity index is 724. The highest BCUT2D eigenvalue weighted by atomic mass is 35.5. The summed E-state index contributed by atoms with van der Waals surface area (Å²) in [7, 11) is 0. The van der Waals surface area contributed by atoms with Crippen LogP contribution in [0.5, 0.6) is 0 Å². The van der Waals surface area contributed by atoms with Gasteiger partial charge in [-0.3, -0.25) is 4.79 Å². The summed E-state index contributed by atoms with van der Waals surface area (Å²) in [6, 6.07) is 16.1. The zero-order chi connectivity index (χ0) is 16.8. The number of carbonyl (C=O) groups excluding carboxylic acids is 2. The minimum Gasteiger partial charge on any atom is -0.449 e. The average molecular weight is 330 g/mol. The molecule has 0 aliphatic heterocycles. The van der Waals surface area contributed by atoms with Gasteiger partial charge in [-0.25, -0.2) is 4.79 Å². The Hall–Kier alpha value is -2.59. The highest BCUT2D eigenvalue weighted by molar-refractivity contribution is 6.30. The number of hydrogen-bond acceptors (Lipinski definition) is 3. The number of nitrogens with two attached hydrogens (primary N) is 1. The van der Waals surface area contributed by atoms with Crippen molar-refractivity contribution >= 4 is 35.1 Å². The predicted octanol–water partition coefficient (Wildman–Crippen LogP) is 3.30. The van der Waals surface area contributed by atoms with Gasteiger partial charge in [-0.15, -0.1) is 0 Å². The molecule has 2 aromatic rings. The van der Waals surface area contributed by atoms with Crippen molar-refractivity contribution in [3.63, 3.8) is 0 Å². The average Bonchev–Trinajstić information content (AvgIpc) is 2.54. The highest BCUT2D eigenvalue weighted by Gasteiger charge is 2.19. The monoisotopic (exact) mass is 329 g/mol. The van der Waals surface area contributed by atoms with Gasteiger partial charge in [0, 0.05) is 5.02 Å². The van der Waals surface area contributed by atoms with Crippen LogP contribution in [0.3, 0.4) is 0 Å². The van der Waals surface area contributed by atoms with Crippen LogP contribution in [-0.2, 0) is 14.3 Å². The molecule has 2 rings (SSSR count). The summed E-state index contributed by atoms with van der Waals surface area (Å²) < 4.78 is 5.12. The second-order valence-corrected chi connectivity index (χ2v) is 5.36. The number of benzene rings is 2. The fourth-order valence-corrected chi connectivity index (χ4v) is 2.01. The minimum atomic E-state index is -1.01. The van der Waals surface area contributed by atoms with E-state index in [1.54, 1.807) is 30.3 Å². The normalized spacial score (nSPS) is 12.5. The topological polar surface area (TPSA) is 69.4 Å². The third-order valence-corrected chi connectivity index (χ3v) is 3.42. The van der Waals surface area contributed by atoms with Crippen LogP contribution < -0.4 is 5.73 Å². The lowest BCUT2D eigenvalue weighted by molar-refractivity contribution is -0.147. The van der Waals surface area contributed by atoms with Crippen LogP contribution in [0.25, 0.3) is 11.6 Å². The summed E-state index contributed by atoms with van der Waals surface area (Å²) in [6.45, 7) is 1.43. The van der Waals surface area contributed by atoms with Crippen molar-refractivity contribution in [3.05, 3.63) is 70.7 Å². The minimum absolute atomic E-state index is 0.320. The van der Waals surface area contributed by atoms with Crippen molar-refractivity contribution in [1.82, 2.24) is 0 Å². The first-order chi connectivity index (χ1) is 11.0. The second kappa shape index (κ2) is 7.61. The Morgan fingerprint density at radius 3 is 2.26 bits per heavy atom. The molecule has 0 saturated heterocycles.